The largest absolute Gasteiger partial charge is 0.416 e. The molecule has 2 amide bonds. The van der Waals surface area contributed by atoms with Gasteiger partial charge in [0.1, 0.15) is 0 Å². The lowest BCUT2D eigenvalue weighted by Gasteiger charge is -2.36. The van der Waals surface area contributed by atoms with Crippen molar-refractivity contribution in [1.82, 2.24) is 4.90 Å². The Kier molecular flexibility index (Phi) is 5.68. The van der Waals surface area contributed by atoms with Crippen molar-refractivity contribution in [2.75, 3.05) is 11.9 Å². The predicted octanol–water partition coefficient (Wildman–Crippen LogP) is 5.54. The lowest BCUT2D eigenvalue weighted by atomic mass is 9.88. The number of nitrogens with zero attached hydrogens (tertiary/aromatic N) is 1. The Morgan fingerprint density at radius 2 is 1.86 bits per heavy atom. The van der Waals surface area contributed by atoms with Gasteiger partial charge in [0.05, 0.1) is 5.56 Å². The number of hydrogen-bond acceptors (Lipinski definition) is 2. The summed E-state index contributed by atoms with van der Waals surface area (Å²) < 4.78 is 40.1. The van der Waals surface area contributed by atoms with E-state index in [0.717, 1.165) is 6.07 Å². The zero-order chi connectivity index (χ0) is 21.2. The molecule has 0 saturated carbocycles. The second-order valence-corrected chi connectivity index (χ2v) is 7.65. The predicted molar refractivity (Wildman–Crippen MR) is 105 cm³/mol. The molecule has 1 N–H and O–H groups in total. The summed E-state index contributed by atoms with van der Waals surface area (Å²) in [5.74, 6) is -0.115. The number of hydrogen-bond donors (Lipinski definition) is 1. The molecule has 1 atom stereocenters. The summed E-state index contributed by atoms with van der Waals surface area (Å²) in [6, 6.07) is 11.7. The molecule has 0 radical (unpaired) electrons. The molecule has 1 aliphatic heterocycles. The molecule has 1 aliphatic rings. The van der Waals surface area contributed by atoms with Crippen LogP contribution in [0.3, 0.4) is 0 Å². The number of ketones is 1. The van der Waals surface area contributed by atoms with E-state index in [1.54, 1.807) is 35.2 Å². The molecule has 0 bridgehead atoms. The first kappa shape index (κ1) is 20.9. The van der Waals surface area contributed by atoms with E-state index in [4.69, 9.17) is 0 Å². The number of anilines is 1. The number of amides is 2. The molecular weight excluding hydrogens is 381 g/mol. The Labute approximate surface area is 167 Å². The van der Waals surface area contributed by atoms with Gasteiger partial charge in [-0.05, 0) is 56.9 Å². The summed E-state index contributed by atoms with van der Waals surface area (Å²) in [4.78, 5) is 26.0. The van der Waals surface area contributed by atoms with Crippen LogP contribution in [-0.4, -0.2) is 28.8 Å². The third-order valence-electron chi connectivity index (χ3n) is 5.41. The fourth-order valence-electron chi connectivity index (χ4n) is 3.92. The Hall–Kier alpha value is -2.83. The van der Waals surface area contributed by atoms with Gasteiger partial charge in [0.2, 0.25) is 0 Å². The van der Waals surface area contributed by atoms with Gasteiger partial charge in [-0.1, -0.05) is 30.3 Å². The van der Waals surface area contributed by atoms with Crippen molar-refractivity contribution in [3.8, 4) is 0 Å². The third-order valence-corrected chi connectivity index (χ3v) is 5.41. The monoisotopic (exact) mass is 404 g/mol. The number of halogens is 3. The minimum atomic E-state index is -4.44. The summed E-state index contributed by atoms with van der Waals surface area (Å²) in [6.07, 6.45) is -3.00. The first-order valence-electron chi connectivity index (χ1n) is 9.45. The van der Waals surface area contributed by atoms with E-state index in [2.05, 4.69) is 5.32 Å². The van der Waals surface area contributed by atoms with Gasteiger partial charge in [-0.3, -0.25) is 4.79 Å². The highest BCUT2D eigenvalue weighted by Crippen LogP contribution is 2.38. The van der Waals surface area contributed by atoms with Gasteiger partial charge in [0.25, 0.3) is 0 Å². The Bertz CT molecular complexity index is 926. The smallest absolute Gasteiger partial charge is 0.319 e. The maximum Gasteiger partial charge on any atom is 0.416 e. The molecule has 4 nitrogen and oxygen atoms in total. The highest BCUT2D eigenvalue weighted by molar-refractivity contribution is 5.96. The molecule has 3 rings (SSSR count). The highest BCUT2D eigenvalue weighted by atomic mass is 19.4. The van der Waals surface area contributed by atoms with Crippen LogP contribution in [0.5, 0.6) is 0 Å². The Morgan fingerprint density at radius 1 is 1.14 bits per heavy atom. The minimum Gasteiger partial charge on any atom is -0.319 e. The molecule has 2 aromatic carbocycles. The first-order valence-corrected chi connectivity index (χ1v) is 9.45. The van der Waals surface area contributed by atoms with Crippen LogP contribution in [0.2, 0.25) is 0 Å². The topological polar surface area (TPSA) is 49.4 Å². The van der Waals surface area contributed by atoms with Crippen molar-refractivity contribution in [3.63, 3.8) is 0 Å². The average molecular weight is 404 g/mol. The number of nitrogens with one attached hydrogen (secondary N) is 1. The second-order valence-electron chi connectivity index (χ2n) is 7.65. The summed E-state index contributed by atoms with van der Waals surface area (Å²) in [5, 5.41) is 2.78. The van der Waals surface area contributed by atoms with E-state index in [1.165, 1.54) is 19.1 Å². The van der Waals surface area contributed by atoms with Crippen LogP contribution in [0.15, 0.2) is 48.5 Å². The van der Waals surface area contributed by atoms with Gasteiger partial charge in [0.15, 0.2) is 5.78 Å². The number of alkyl halides is 3. The van der Waals surface area contributed by atoms with Crippen molar-refractivity contribution in [1.29, 1.82) is 0 Å². The maximum absolute atomic E-state index is 13.4. The van der Waals surface area contributed by atoms with Crippen LogP contribution in [0, 0.1) is 0 Å². The quantitative estimate of drug-likeness (QED) is 0.681. The lowest BCUT2D eigenvalue weighted by molar-refractivity contribution is -0.138. The highest BCUT2D eigenvalue weighted by Gasteiger charge is 2.42. The van der Waals surface area contributed by atoms with E-state index < -0.39 is 17.3 Å². The average Bonchev–Trinajstić information content (AvgIpc) is 3.02. The summed E-state index contributed by atoms with van der Waals surface area (Å²) in [7, 11) is 0. The number of rotatable bonds is 4. The zero-order valence-electron chi connectivity index (χ0n) is 16.3. The third kappa shape index (κ3) is 4.60. The van der Waals surface area contributed by atoms with Crippen LogP contribution < -0.4 is 5.32 Å². The van der Waals surface area contributed by atoms with E-state index in [9.17, 15) is 22.8 Å². The Balaban J connectivity index is 1.81. The molecule has 2 aromatic rings. The van der Waals surface area contributed by atoms with Crippen molar-refractivity contribution < 1.29 is 22.8 Å². The van der Waals surface area contributed by atoms with Crippen LogP contribution in [0.25, 0.3) is 0 Å². The molecule has 0 aliphatic carbocycles. The molecule has 0 aromatic heterocycles. The minimum absolute atomic E-state index is 0.115. The number of carbonyl (C=O) groups is 2. The molecule has 1 heterocycles. The molecule has 154 valence electrons. The van der Waals surface area contributed by atoms with Crippen LogP contribution in [0.1, 0.15) is 48.2 Å². The van der Waals surface area contributed by atoms with Crippen LogP contribution >= 0.6 is 0 Å². The fraction of sp³-hybridized carbons (Fsp3) is 0.364. The van der Waals surface area contributed by atoms with E-state index in [-0.39, 0.29) is 23.8 Å². The van der Waals surface area contributed by atoms with Crippen molar-refractivity contribution in [2.24, 2.45) is 0 Å². The van der Waals surface area contributed by atoms with Crippen LogP contribution in [0.4, 0.5) is 23.7 Å². The van der Waals surface area contributed by atoms with Gasteiger partial charge in [-0.15, -0.1) is 0 Å². The first-order chi connectivity index (χ1) is 13.6. The standard InChI is InChI=1S/C22H23F3N2O2/c1-15(28)16-8-5-9-18(13-16)26-20(29)27-12-6-11-21(27,2)14-17-7-3-4-10-19(17)22(23,24)25/h3-5,7-10,13H,6,11-12,14H2,1-2H3,(H,26,29). The van der Waals surface area contributed by atoms with Gasteiger partial charge >= 0.3 is 12.2 Å². The molecule has 29 heavy (non-hydrogen) atoms. The van der Waals surface area contributed by atoms with E-state index in [0.29, 0.717) is 30.6 Å². The van der Waals surface area contributed by atoms with Crippen molar-refractivity contribution >= 4 is 17.5 Å². The molecule has 1 unspecified atom stereocenters. The van der Waals surface area contributed by atoms with Gasteiger partial charge < -0.3 is 10.2 Å². The van der Waals surface area contributed by atoms with E-state index in [1.807, 2.05) is 6.92 Å². The van der Waals surface area contributed by atoms with Crippen molar-refractivity contribution in [3.05, 3.63) is 65.2 Å². The number of urea groups is 1. The Morgan fingerprint density at radius 3 is 2.55 bits per heavy atom. The summed E-state index contributed by atoms with van der Waals surface area (Å²) in [6.45, 7) is 3.72. The number of benzene rings is 2. The molecule has 0 spiro atoms. The fourth-order valence-corrected chi connectivity index (χ4v) is 3.92. The zero-order valence-corrected chi connectivity index (χ0v) is 16.3. The number of likely N-dealkylation sites (tertiary alicyclic amines) is 1. The molecular formula is C22H23F3N2O2. The van der Waals surface area contributed by atoms with Gasteiger partial charge in [-0.2, -0.15) is 13.2 Å². The van der Waals surface area contributed by atoms with Crippen molar-refractivity contribution in [2.45, 2.75) is 44.8 Å². The second kappa shape index (κ2) is 7.89. The summed E-state index contributed by atoms with van der Waals surface area (Å²) >= 11 is 0. The molecule has 1 fully saturated rings. The normalized spacial score (nSPS) is 19.3. The van der Waals surface area contributed by atoms with E-state index >= 15 is 0 Å². The van der Waals surface area contributed by atoms with Gasteiger partial charge in [0, 0.05) is 23.3 Å². The number of Topliss-reactive ketones (excluding diaryl/α,β-unsaturated/α-hetero) is 1. The van der Waals surface area contributed by atoms with Crippen LogP contribution in [-0.2, 0) is 12.6 Å². The molecule has 1 saturated heterocycles. The lowest BCUT2D eigenvalue weighted by Crippen LogP contribution is -2.48. The summed E-state index contributed by atoms with van der Waals surface area (Å²) in [5.41, 5.74) is -0.258. The van der Waals surface area contributed by atoms with Gasteiger partial charge in [-0.25, -0.2) is 4.79 Å². The number of carbonyl (C=O) groups excluding carboxylic acids is 2. The molecule has 7 heteroatoms. The maximum atomic E-state index is 13.4. The SMILES string of the molecule is CC(=O)c1cccc(NC(=O)N2CCCC2(C)Cc2ccccc2C(F)(F)F)c1.